The van der Waals surface area contributed by atoms with Gasteiger partial charge in [-0.25, -0.2) is 0 Å². The van der Waals surface area contributed by atoms with Crippen LogP contribution in [0.3, 0.4) is 0 Å². The highest BCUT2D eigenvalue weighted by Gasteiger charge is 2.86. The Morgan fingerprint density at radius 1 is 1.05 bits per heavy atom. The van der Waals surface area contributed by atoms with Gasteiger partial charge in [0.15, 0.2) is 0 Å². The Labute approximate surface area is 258 Å². The fourth-order valence-corrected chi connectivity index (χ4v) is 13.8. The summed E-state index contributed by atoms with van der Waals surface area (Å²) in [7, 11) is 2.22. The number of hydrogen-bond donors (Lipinski definition) is 1. The molecule has 0 unspecified atom stereocenters. The summed E-state index contributed by atoms with van der Waals surface area (Å²) < 4.78 is 0. The molecule has 6 aliphatic rings. The number of hydrogen-bond acceptors (Lipinski definition) is 5. The minimum absolute atomic E-state index is 0.00394. The van der Waals surface area contributed by atoms with E-state index in [1.165, 1.54) is 29.2 Å². The molecule has 11 atom stereocenters. The van der Waals surface area contributed by atoms with E-state index in [2.05, 4.69) is 83.8 Å². The molecule has 4 nitrogen and oxygen atoms in total. The minimum Gasteiger partial charge on any atom is -0.393 e. The number of likely N-dealkylation sites (N-methyl/N-ethyl adjacent to an activating group) is 1. The van der Waals surface area contributed by atoms with Gasteiger partial charge in [-0.15, -0.1) is 11.8 Å². The van der Waals surface area contributed by atoms with Crippen LogP contribution >= 0.6 is 11.8 Å². The average Bonchev–Trinajstić information content (AvgIpc) is 3.59. The molecule has 2 spiro atoms. The van der Waals surface area contributed by atoms with E-state index in [1.54, 1.807) is 0 Å². The van der Waals surface area contributed by atoms with E-state index in [1.807, 2.05) is 11.8 Å². The molecule has 0 amide bonds. The molecule has 1 aromatic rings. The number of carbonyl (C=O) groups is 1. The molecule has 5 saturated carbocycles. The average molecular weight is 591 g/mol. The zero-order valence-corrected chi connectivity index (χ0v) is 28.0. The predicted molar refractivity (Wildman–Crippen MR) is 174 cm³/mol. The smallest absolute Gasteiger partial charge is 0.140 e. The van der Waals surface area contributed by atoms with Crippen LogP contribution in [0.1, 0.15) is 92.1 Å². The van der Waals surface area contributed by atoms with Crippen molar-refractivity contribution in [2.24, 2.45) is 55.7 Å². The standard InChI is InChI=1S/C37H54N2O2S/c1-23(2)32-38-29-15-17-36-21-37(36)28(14-13-27(36)33(29,4)22-42-32)34(5)19-26(40)31(35(34,6)20-30(37)41)24(3)39(7)18-16-25-11-9-8-10-12-25/h8-12,23-24,26-29,31,40H,13-22H2,1-7H3/t24-,26+,27-,28-,29-,31-,33-,34-,35+,36+,37-/m0/s1. The zero-order valence-electron chi connectivity index (χ0n) is 27.2. The monoisotopic (exact) mass is 590 g/mol. The van der Waals surface area contributed by atoms with Gasteiger partial charge in [0.05, 0.1) is 17.2 Å². The first-order chi connectivity index (χ1) is 19.8. The van der Waals surface area contributed by atoms with Crippen LogP contribution in [0.2, 0.25) is 0 Å². The lowest BCUT2D eigenvalue weighted by Crippen LogP contribution is -2.62. The van der Waals surface area contributed by atoms with Crippen molar-refractivity contribution in [3.63, 3.8) is 0 Å². The van der Waals surface area contributed by atoms with Crippen molar-refractivity contribution in [1.29, 1.82) is 0 Å². The number of ketones is 1. The van der Waals surface area contributed by atoms with Crippen LogP contribution in [0, 0.1) is 50.7 Å². The number of aliphatic imine (C=N–C) groups is 1. The lowest BCUT2D eigenvalue weighted by molar-refractivity contribution is -0.169. The topological polar surface area (TPSA) is 52.9 Å². The van der Waals surface area contributed by atoms with Crippen molar-refractivity contribution < 1.29 is 9.90 Å². The summed E-state index contributed by atoms with van der Waals surface area (Å²) in [4.78, 5) is 22.6. The van der Waals surface area contributed by atoms with Gasteiger partial charge in [-0.1, -0.05) is 65.0 Å². The third-order valence-electron chi connectivity index (χ3n) is 14.8. The van der Waals surface area contributed by atoms with Crippen LogP contribution in [0.25, 0.3) is 0 Å². The Bertz CT molecular complexity index is 1280. The van der Waals surface area contributed by atoms with Crippen LogP contribution in [0.5, 0.6) is 0 Å². The van der Waals surface area contributed by atoms with Gasteiger partial charge < -0.3 is 10.0 Å². The van der Waals surface area contributed by atoms with Gasteiger partial charge >= 0.3 is 0 Å². The van der Waals surface area contributed by atoms with Crippen molar-refractivity contribution >= 4 is 22.6 Å². The summed E-state index contributed by atoms with van der Waals surface area (Å²) in [6.45, 7) is 15.3. The largest absolute Gasteiger partial charge is 0.393 e. The lowest BCUT2D eigenvalue weighted by atomic mass is 9.41. The number of Topliss-reactive ketones (excluding diaryl/α,β-unsaturated/α-hetero) is 1. The summed E-state index contributed by atoms with van der Waals surface area (Å²) in [6, 6.07) is 11.4. The van der Waals surface area contributed by atoms with Crippen LogP contribution in [-0.4, -0.2) is 58.4 Å². The number of aliphatic hydroxyl groups excluding tert-OH is 1. The third kappa shape index (κ3) is 3.68. The minimum atomic E-state index is -0.351. The highest BCUT2D eigenvalue weighted by Crippen LogP contribution is 2.88. The molecule has 1 N–H and O–H groups in total. The van der Waals surface area contributed by atoms with Crippen LogP contribution in [0.15, 0.2) is 35.3 Å². The van der Waals surface area contributed by atoms with Crippen molar-refractivity contribution in [1.82, 2.24) is 4.90 Å². The fraction of sp³-hybridized carbons (Fsp3) is 0.784. The first-order valence-electron chi connectivity index (χ1n) is 17.0. The molecule has 42 heavy (non-hydrogen) atoms. The van der Waals surface area contributed by atoms with Gasteiger partial charge in [-0.2, -0.15) is 0 Å². The van der Waals surface area contributed by atoms with E-state index in [4.69, 9.17) is 4.99 Å². The zero-order chi connectivity index (χ0) is 29.9. The highest BCUT2D eigenvalue weighted by molar-refractivity contribution is 8.14. The van der Waals surface area contributed by atoms with E-state index in [-0.39, 0.29) is 45.1 Å². The SMILES string of the molecule is CC(C)C1=N[C@H]2CC[C@]34C[C@]35C(=O)C[C@]3(C)[C@@H]([C@H](C)N(C)CCc6ccccc6)[C@H](O)C[C@@]3(C)[C@@H]5CC[C@H]4[C@]2(C)CS1. The number of benzene rings is 1. The molecule has 0 radical (unpaired) electrons. The molecule has 0 bridgehead atoms. The second-order valence-electron chi connectivity index (χ2n) is 16.6. The molecule has 230 valence electrons. The Morgan fingerprint density at radius 2 is 1.76 bits per heavy atom. The number of fused-ring (bicyclic) bond motifs is 4. The fourth-order valence-electron chi connectivity index (χ4n) is 12.4. The van der Waals surface area contributed by atoms with Crippen molar-refractivity contribution in [3.8, 4) is 0 Å². The van der Waals surface area contributed by atoms with Gasteiger partial charge in [0.2, 0.25) is 0 Å². The second kappa shape index (κ2) is 9.66. The highest BCUT2D eigenvalue weighted by atomic mass is 32.2. The van der Waals surface area contributed by atoms with Gasteiger partial charge in [-0.3, -0.25) is 9.79 Å². The predicted octanol–water partition coefficient (Wildman–Crippen LogP) is 7.29. The van der Waals surface area contributed by atoms with Crippen LogP contribution in [-0.2, 0) is 11.2 Å². The van der Waals surface area contributed by atoms with Gasteiger partial charge in [0.1, 0.15) is 5.78 Å². The number of rotatable bonds is 6. The maximum atomic E-state index is 14.8. The van der Waals surface area contributed by atoms with Gasteiger partial charge in [0, 0.05) is 47.4 Å². The maximum absolute atomic E-state index is 14.8. The maximum Gasteiger partial charge on any atom is 0.140 e. The molecule has 5 heteroatoms. The molecule has 1 heterocycles. The Morgan fingerprint density at radius 3 is 2.48 bits per heavy atom. The number of aliphatic hydroxyl groups is 1. The molecule has 0 saturated heterocycles. The molecular formula is C37H54N2O2S. The van der Waals surface area contributed by atoms with E-state index < -0.39 is 0 Å². The number of thioether (sulfide) groups is 1. The van der Waals surface area contributed by atoms with Crippen molar-refractivity contribution in [3.05, 3.63) is 35.9 Å². The molecule has 0 aromatic heterocycles. The molecule has 7 rings (SSSR count). The number of nitrogens with zero attached hydrogens (tertiary/aromatic N) is 2. The summed E-state index contributed by atoms with van der Waals surface area (Å²) in [5.41, 5.74) is 1.41. The first-order valence-corrected chi connectivity index (χ1v) is 18.0. The molecule has 1 aliphatic heterocycles. The summed E-state index contributed by atoms with van der Waals surface area (Å²) in [5.74, 6) is 3.36. The second-order valence-corrected chi connectivity index (χ2v) is 17.6. The Balaban J connectivity index is 1.16. The van der Waals surface area contributed by atoms with E-state index in [9.17, 15) is 9.90 Å². The molecule has 5 fully saturated rings. The quantitative estimate of drug-likeness (QED) is 0.378. The van der Waals surface area contributed by atoms with Gasteiger partial charge in [-0.05, 0) is 92.6 Å². The summed E-state index contributed by atoms with van der Waals surface area (Å²) in [6.07, 6.45) is 7.98. The first kappa shape index (κ1) is 29.5. The molecular weight excluding hydrogens is 536 g/mol. The lowest BCUT2D eigenvalue weighted by Gasteiger charge is -2.63. The van der Waals surface area contributed by atoms with Crippen LogP contribution < -0.4 is 0 Å². The number of carbonyl (C=O) groups excluding carboxylic acids is 1. The Kier molecular flexibility index (Phi) is 6.80. The summed E-state index contributed by atoms with van der Waals surface area (Å²) >= 11 is 2.01. The van der Waals surface area contributed by atoms with Crippen LogP contribution in [0.4, 0.5) is 0 Å². The molecule has 5 aliphatic carbocycles. The third-order valence-corrected chi connectivity index (χ3v) is 16.4. The van der Waals surface area contributed by atoms with Gasteiger partial charge in [0.25, 0.3) is 0 Å². The van der Waals surface area contributed by atoms with E-state index >= 15 is 0 Å². The van der Waals surface area contributed by atoms with E-state index in [0.717, 1.165) is 38.6 Å². The van der Waals surface area contributed by atoms with Crippen molar-refractivity contribution in [2.75, 3.05) is 19.3 Å². The normalized spacial score (nSPS) is 48.1. The van der Waals surface area contributed by atoms with E-state index in [0.29, 0.717) is 36.0 Å². The van der Waals surface area contributed by atoms with Crippen molar-refractivity contribution in [2.45, 2.75) is 111 Å². The summed E-state index contributed by atoms with van der Waals surface area (Å²) in [5, 5.41) is 13.2. The molecule has 1 aromatic carbocycles. The Hall–Kier alpha value is -1.17.